The molecular weight excluding hydrogens is 453 g/mol. The lowest BCUT2D eigenvalue weighted by molar-refractivity contribution is -0.199. The number of hydrogen-bond donors (Lipinski definition) is 2. The van der Waals surface area contributed by atoms with Crippen molar-refractivity contribution in [3.05, 3.63) is 48.0 Å². The highest BCUT2D eigenvalue weighted by Gasteiger charge is 2.68. The van der Waals surface area contributed by atoms with Crippen LogP contribution in [-0.4, -0.2) is 52.0 Å². The zero-order valence-corrected chi connectivity index (χ0v) is 21.9. The molecule has 3 N–H and O–H groups in total. The summed E-state index contributed by atoms with van der Waals surface area (Å²) in [5.74, 6) is 1.66. The fraction of sp³-hybridized carbons (Fsp3) is 0.667. The first-order chi connectivity index (χ1) is 17.3. The molecule has 4 fully saturated rings. The molecule has 0 unspecified atom stereocenters. The number of nitrogens with zero attached hydrogens (tertiary/aromatic N) is 3. The molecule has 2 bridgehead atoms. The lowest BCUT2D eigenvalue weighted by Crippen LogP contribution is -2.65. The number of amides is 1. The zero-order chi connectivity index (χ0) is 25.3. The van der Waals surface area contributed by atoms with Crippen molar-refractivity contribution in [3.8, 4) is 0 Å². The standard InChI is InChI=1S/C27H40BN5O3/c1-26(2)20-15-21(26)27(3)22(16-20)35-28(36-27)23(11-7-8-14-29)32-25(34)17-33-24(30-18-31-33)13-12-19-9-5-4-6-10-19/h4-6,9-10,18,20-23H,7-8,11-17,29H2,1-3H3,(H,32,34)/t20-,21-,22+,23-,27-/m0/s1. The van der Waals surface area contributed by atoms with E-state index >= 15 is 0 Å². The van der Waals surface area contributed by atoms with Gasteiger partial charge in [0.2, 0.25) is 5.91 Å². The third-order valence-electron chi connectivity index (χ3n) is 9.08. The van der Waals surface area contributed by atoms with Crippen LogP contribution in [0.5, 0.6) is 0 Å². The second-order valence-corrected chi connectivity index (χ2v) is 11.6. The largest absolute Gasteiger partial charge is 0.481 e. The van der Waals surface area contributed by atoms with Crippen LogP contribution in [0.25, 0.3) is 0 Å². The molecule has 1 amide bonds. The Balaban J connectivity index is 1.22. The summed E-state index contributed by atoms with van der Waals surface area (Å²) >= 11 is 0. The number of unbranched alkanes of at least 4 members (excludes halogenated alkanes) is 1. The molecule has 194 valence electrons. The molecule has 1 aromatic carbocycles. The number of aryl methyl sites for hydroxylation is 2. The second kappa shape index (κ2) is 10.3. The van der Waals surface area contributed by atoms with Gasteiger partial charge in [-0.1, -0.05) is 50.6 Å². The molecule has 1 saturated heterocycles. The third-order valence-corrected chi connectivity index (χ3v) is 9.08. The van der Waals surface area contributed by atoms with Crippen LogP contribution >= 0.6 is 0 Å². The van der Waals surface area contributed by atoms with Crippen LogP contribution in [0, 0.1) is 17.3 Å². The van der Waals surface area contributed by atoms with Crippen molar-refractivity contribution in [2.75, 3.05) is 6.54 Å². The molecule has 0 spiro atoms. The van der Waals surface area contributed by atoms with E-state index in [1.54, 1.807) is 4.68 Å². The normalized spacial score (nSPS) is 28.9. The van der Waals surface area contributed by atoms with E-state index in [-0.39, 0.29) is 35.5 Å². The maximum atomic E-state index is 13.2. The molecule has 2 heterocycles. The molecule has 1 aromatic heterocycles. The van der Waals surface area contributed by atoms with Gasteiger partial charge in [-0.2, -0.15) is 5.10 Å². The van der Waals surface area contributed by atoms with Gasteiger partial charge in [0.05, 0.1) is 17.6 Å². The molecule has 3 aliphatic carbocycles. The van der Waals surface area contributed by atoms with Crippen LogP contribution in [-0.2, 0) is 33.5 Å². The molecule has 8 nitrogen and oxygen atoms in total. The average Bonchev–Trinajstić information content (AvgIpc) is 3.45. The summed E-state index contributed by atoms with van der Waals surface area (Å²) in [6.07, 6.45) is 8.02. The summed E-state index contributed by atoms with van der Waals surface area (Å²) < 4.78 is 14.9. The van der Waals surface area contributed by atoms with Gasteiger partial charge in [0.1, 0.15) is 18.7 Å². The lowest BCUT2D eigenvalue weighted by atomic mass is 9.43. The second-order valence-electron chi connectivity index (χ2n) is 11.6. The van der Waals surface area contributed by atoms with Gasteiger partial charge in [-0.15, -0.1) is 0 Å². The number of hydrogen-bond acceptors (Lipinski definition) is 6. The van der Waals surface area contributed by atoms with E-state index < -0.39 is 7.12 Å². The summed E-state index contributed by atoms with van der Waals surface area (Å²) in [7, 11) is -0.440. The van der Waals surface area contributed by atoms with Gasteiger partial charge in [0.15, 0.2) is 0 Å². The fourth-order valence-corrected chi connectivity index (χ4v) is 6.76. The SMILES string of the molecule is CC1(C)[C@@H]2C[C@H]3OB([C@H](CCCCN)NC(=O)Cn4ncnc4CCc4ccccc4)O[C@@]3(C)[C@H]1C2. The van der Waals surface area contributed by atoms with Gasteiger partial charge < -0.3 is 20.4 Å². The monoisotopic (exact) mass is 493 g/mol. The molecule has 2 aromatic rings. The first-order valence-corrected chi connectivity index (χ1v) is 13.5. The van der Waals surface area contributed by atoms with Crippen LogP contribution in [0.4, 0.5) is 0 Å². The molecule has 5 atom stereocenters. The van der Waals surface area contributed by atoms with Crippen molar-refractivity contribution in [1.82, 2.24) is 20.1 Å². The Morgan fingerprint density at radius 3 is 2.78 bits per heavy atom. The fourth-order valence-electron chi connectivity index (χ4n) is 6.76. The maximum Gasteiger partial charge on any atom is 0.481 e. The highest BCUT2D eigenvalue weighted by Crippen LogP contribution is 2.65. The molecular formula is C27H40BN5O3. The summed E-state index contributed by atoms with van der Waals surface area (Å²) in [6.45, 7) is 7.69. The lowest BCUT2D eigenvalue weighted by Gasteiger charge is -2.64. The number of rotatable bonds is 11. The quantitative estimate of drug-likeness (QED) is 0.369. The van der Waals surface area contributed by atoms with Crippen molar-refractivity contribution in [3.63, 3.8) is 0 Å². The molecule has 0 radical (unpaired) electrons. The van der Waals surface area contributed by atoms with Crippen molar-refractivity contribution >= 4 is 13.0 Å². The number of aromatic nitrogens is 3. The summed E-state index contributed by atoms with van der Waals surface area (Å²) in [5, 5.41) is 7.53. The van der Waals surface area contributed by atoms with Crippen LogP contribution in [0.15, 0.2) is 36.7 Å². The topological polar surface area (TPSA) is 104 Å². The summed E-state index contributed by atoms with van der Waals surface area (Å²) in [5.41, 5.74) is 6.97. The highest BCUT2D eigenvalue weighted by molar-refractivity contribution is 6.47. The van der Waals surface area contributed by atoms with E-state index in [0.717, 1.165) is 44.3 Å². The number of nitrogens with one attached hydrogen (secondary N) is 1. The van der Waals surface area contributed by atoms with Gasteiger partial charge in [-0.05, 0) is 68.4 Å². The Hall–Kier alpha value is -2.23. The van der Waals surface area contributed by atoms with Gasteiger partial charge in [-0.3, -0.25) is 4.79 Å². The Morgan fingerprint density at radius 2 is 2.03 bits per heavy atom. The van der Waals surface area contributed by atoms with E-state index in [2.05, 4.69) is 48.3 Å². The van der Waals surface area contributed by atoms with Crippen LogP contribution in [0.3, 0.4) is 0 Å². The number of carbonyl (C=O) groups is 1. The minimum Gasteiger partial charge on any atom is -0.404 e. The minimum atomic E-state index is -0.440. The van der Waals surface area contributed by atoms with Crippen LogP contribution in [0.2, 0.25) is 0 Å². The Bertz CT molecular complexity index is 1050. The molecule has 1 aliphatic heterocycles. The van der Waals surface area contributed by atoms with Crippen molar-refractivity contribution in [2.45, 2.75) is 89.9 Å². The molecule has 36 heavy (non-hydrogen) atoms. The maximum absolute atomic E-state index is 13.2. The third kappa shape index (κ3) is 4.85. The highest BCUT2D eigenvalue weighted by atomic mass is 16.7. The predicted molar refractivity (Wildman–Crippen MR) is 139 cm³/mol. The molecule has 3 saturated carbocycles. The zero-order valence-electron chi connectivity index (χ0n) is 21.9. The van der Waals surface area contributed by atoms with Gasteiger partial charge >= 0.3 is 7.12 Å². The first kappa shape index (κ1) is 25.4. The average molecular weight is 493 g/mol. The van der Waals surface area contributed by atoms with E-state index in [1.807, 2.05) is 18.2 Å². The first-order valence-electron chi connectivity index (χ1n) is 13.5. The van der Waals surface area contributed by atoms with E-state index in [0.29, 0.717) is 18.4 Å². The number of carbonyl (C=O) groups excluding carboxylic acids is 1. The Labute approximate surface area is 214 Å². The van der Waals surface area contributed by atoms with Crippen molar-refractivity contribution in [2.24, 2.45) is 23.0 Å². The molecule has 6 rings (SSSR count). The molecule has 9 heteroatoms. The Morgan fingerprint density at radius 1 is 1.22 bits per heavy atom. The van der Waals surface area contributed by atoms with Crippen LogP contribution in [0.1, 0.15) is 64.3 Å². The summed E-state index contributed by atoms with van der Waals surface area (Å²) in [4.78, 5) is 17.6. The predicted octanol–water partition coefficient (Wildman–Crippen LogP) is 2.94. The van der Waals surface area contributed by atoms with Crippen LogP contribution < -0.4 is 11.1 Å². The van der Waals surface area contributed by atoms with E-state index in [1.165, 1.54) is 18.3 Å². The van der Waals surface area contributed by atoms with Gasteiger partial charge in [-0.25, -0.2) is 9.67 Å². The summed E-state index contributed by atoms with van der Waals surface area (Å²) in [6, 6.07) is 10.3. The number of benzene rings is 1. The van der Waals surface area contributed by atoms with Crippen molar-refractivity contribution < 1.29 is 14.1 Å². The van der Waals surface area contributed by atoms with Gasteiger partial charge in [0.25, 0.3) is 0 Å². The van der Waals surface area contributed by atoms with Gasteiger partial charge in [0, 0.05) is 6.42 Å². The molecule has 4 aliphatic rings. The Kier molecular flexibility index (Phi) is 7.25. The van der Waals surface area contributed by atoms with E-state index in [4.69, 9.17) is 15.0 Å². The minimum absolute atomic E-state index is 0.0908. The smallest absolute Gasteiger partial charge is 0.404 e. The van der Waals surface area contributed by atoms with Crippen molar-refractivity contribution in [1.29, 1.82) is 0 Å². The van der Waals surface area contributed by atoms with E-state index in [9.17, 15) is 4.79 Å². The number of nitrogens with two attached hydrogens (primary N) is 1.